The zero-order chi connectivity index (χ0) is 23.8. The van der Waals surface area contributed by atoms with Gasteiger partial charge < -0.3 is 14.7 Å². The molecule has 3 rings (SSSR count). The van der Waals surface area contributed by atoms with Gasteiger partial charge in [0.15, 0.2) is 0 Å². The number of aliphatic hydroxyl groups excluding tert-OH is 1. The van der Waals surface area contributed by atoms with Gasteiger partial charge in [0.05, 0.1) is 12.6 Å². The number of unbranched alkanes of at least 4 members (excludes halogenated alkanes) is 1. The molecule has 0 radical (unpaired) electrons. The largest absolute Gasteiger partial charge is 0.472 e. The summed E-state index contributed by atoms with van der Waals surface area (Å²) in [6, 6.07) is 5.45. The fourth-order valence-corrected chi connectivity index (χ4v) is 3.85. The normalized spacial score (nSPS) is 19.1. The Morgan fingerprint density at radius 3 is 2.82 bits per heavy atom. The summed E-state index contributed by atoms with van der Waals surface area (Å²) in [5.41, 5.74) is 2.26. The van der Waals surface area contributed by atoms with Crippen LogP contribution in [0.4, 0.5) is 0 Å². The molecule has 1 amide bonds. The number of rotatable bonds is 7. The number of nitrogens with zero attached hydrogens (tertiary/aromatic N) is 4. The predicted molar refractivity (Wildman–Crippen MR) is 128 cm³/mol. The van der Waals surface area contributed by atoms with Crippen molar-refractivity contribution in [3.05, 3.63) is 53.5 Å². The molecule has 33 heavy (non-hydrogen) atoms. The van der Waals surface area contributed by atoms with E-state index in [1.807, 2.05) is 19.1 Å². The molecule has 2 aromatic rings. The summed E-state index contributed by atoms with van der Waals surface area (Å²) in [6.07, 6.45) is 6.83. The summed E-state index contributed by atoms with van der Waals surface area (Å²) >= 11 is 0. The number of aliphatic hydroxyl groups is 1. The third-order valence-corrected chi connectivity index (χ3v) is 5.82. The monoisotopic (exact) mass is 450 g/mol. The highest BCUT2D eigenvalue weighted by atomic mass is 16.5. The molecule has 0 spiro atoms. The lowest BCUT2D eigenvalue weighted by Gasteiger charge is -2.37. The number of amides is 1. The highest BCUT2D eigenvalue weighted by Crippen LogP contribution is 2.27. The smallest absolute Gasteiger partial charge is 0.259 e. The molecule has 7 nitrogen and oxygen atoms in total. The fraction of sp³-hybridized carbons (Fsp3) is 0.500. The predicted octanol–water partition coefficient (Wildman–Crippen LogP) is 2.98. The van der Waals surface area contributed by atoms with Crippen molar-refractivity contribution in [2.75, 3.05) is 26.7 Å². The van der Waals surface area contributed by atoms with E-state index in [1.165, 1.54) is 5.56 Å². The number of likely N-dealkylation sites (N-methyl/N-ethyl adjacent to an activating group) is 1. The lowest BCUT2D eigenvalue weighted by atomic mass is 9.99. The number of aromatic nitrogens is 2. The molecule has 3 heterocycles. The van der Waals surface area contributed by atoms with Crippen molar-refractivity contribution >= 4 is 5.91 Å². The molecule has 0 saturated heterocycles. The first-order valence-electron chi connectivity index (χ1n) is 11.6. The van der Waals surface area contributed by atoms with Crippen LogP contribution in [0, 0.1) is 17.8 Å². The SMILES string of the molecule is CCCC#Cc1cnc2c(c1)C(=O)N([C@H](C)CO)C[C@H](C)[C@H](CN(C)Cc1ccncc1)O2. The molecule has 0 fully saturated rings. The maximum Gasteiger partial charge on any atom is 0.259 e. The minimum Gasteiger partial charge on any atom is -0.472 e. The van der Waals surface area contributed by atoms with Gasteiger partial charge in [-0.25, -0.2) is 4.98 Å². The first-order valence-corrected chi connectivity index (χ1v) is 11.6. The highest BCUT2D eigenvalue weighted by molar-refractivity contribution is 5.97. The van der Waals surface area contributed by atoms with Gasteiger partial charge in [0.25, 0.3) is 5.91 Å². The second-order valence-corrected chi connectivity index (χ2v) is 8.80. The second kappa shape index (κ2) is 11.8. The van der Waals surface area contributed by atoms with Gasteiger partial charge in [0.2, 0.25) is 5.88 Å². The quantitative estimate of drug-likeness (QED) is 0.654. The zero-order valence-electron chi connectivity index (χ0n) is 20.0. The number of ether oxygens (including phenoxy) is 1. The van der Waals surface area contributed by atoms with E-state index in [9.17, 15) is 9.90 Å². The summed E-state index contributed by atoms with van der Waals surface area (Å²) < 4.78 is 6.35. The van der Waals surface area contributed by atoms with Crippen molar-refractivity contribution < 1.29 is 14.6 Å². The van der Waals surface area contributed by atoms with Crippen LogP contribution < -0.4 is 4.74 Å². The third-order valence-electron chi connectivity index (χ3n) is 5.82. The number of hydrogen-bond acceptors (Lipinski definition) is 6. The molecule has 3 atom stereocenters. The van der Waals surface area contributed by atoms with Crippen molar-refractivity contribution in [2.45, 2.75) is 52.3 Å². The summed E-state index contributed by atoms with van der Waals surface area (Å²) in [4.78, 5) is 25.9. The zero-order valence-corrected chi connectivity index (χ0v) is 20.0. The average molecular weight is 451 g/mol. The molecule has 0 bridgehead atoms. The Morgan fingerprint density at radius 1 is 1.36 bits per heavy atom. The van der Waals surface area contributed by atoms with Crippen LogP contribution in [0.3, 0.4) is 0 Å². The summed E-state index contributed by atoms with van der Waals surface area (Å²) in [7, 11) is 2.05. The average Bonchev–Trinajstić information content (AvgIpc) is 2.82. The summed E-state index contributed by atoms with van der Waals surface area (Å²) in [6.45, 7) is 7.81. The van der Waals surface area contributed by atoms with E-state index in [4.69, 9.17) is 4.74 Å². The second-order valence-electron chi connectivity index (χ2n) is 8.80. The number of carbonyl (C=O) groups excluding carboxylic acids is 1. The van der Waals surface area contributed by atoms with Crippen LogP contribution >= 0.6 is 0 Å². The van der Waals surface area contributed by atoms with Gasteiger partial charge in [-0.2, -0.15) is 0 Å². The highest BCUT2D eigenvalue weighted by Gasteiger charge is 2.34. The molecule has 7 heteroatoms. The fourth-order valence-electron chi connectivity index (χ4n) is 3.85. The Labute approximate surface area is 196 Å². The van der Waals surface area contributed by atoms with Crippen LogP contribution in [0.1, 0.15) is 55.1 Å². The maximum atomic E-state index is 13.4. The van der Waals surface area contributed by atoms with Crippen molar-refractivity contribution in [1.29, 1.82) is 0 Å². The molecule has 0 aromatic carbocycles. The summed E-state index contributed by atoms with van der Waals surface area (Å²) in [5.74, 6) is 6.37. The molecular weight excluding hydrogens is 416 g/mol. The molecule has 1 aliphatic rings. The molecule has 0 saturated carbocycles. The lowest BCUT2D eigenvalue weighted by molar-refractivity contribution is 0.0325. The van der Waals surface area contributed by atoms with Crippen LogP contribution in [0.15, 0.2) is 36.8 Å². The maximum absolute atomic E-state index is 13.4. The Kier molecular flexibility index (Phi) is 8.81. The molecule has 1 N–H and O–H groups in total. The first kappa shape index (κ1) is 24.7. The molecule has 1 aliphatic heterocycles. The number of hydrogen-bond donors (Lipinski definition) is 1. The van der Waals surface area contributed by atoms with Gasteiger partial charge in [0.1, 0.15) is 11.7 Å². The van der Waals surface area contributed by atoms with Gasteiger partial charge in [-0.15, -0.1) is 0 Å². The number of pyridine rings is 2. The minimum absolute atomic E-state index is 0.0433. The lowest BCUT2D eigenvalue weighted by Crippen LogP contribution is -2.49. The van der Waals surface area contributed by atoms with Crippen LogP contribution in [-0.2, 0) is 6.54 Å². The van der Waals surface area contributed by atoms with Crippen LogP contribution in [0.5, 0.6) is 5.88 Å². The van der Waals surface area contributed by atoms with Crippen molar-refractivity contribution in [3.8, 4) is 17.7 Å². The third kappa shape index (κ3) is 6.53. The minimum atomic E-state index is -0.309. The van der Waals surface area contributed by atoms with Gasteiger partial charge in [0, 0.05) is 56.1 Å². The van der Waals surface area contributed by atoms with E-state index < -0.39 is 0 Å². The standard InChI is InChI=1S/C26H34N4O3/c1-5-6-7-8-22-13-23-25(28-14-22)33-24(17-29(4)16-21-9-11-27-12-10-21)19(2)15-30(26(23)32)20(3)18-31/h9-14,19-20,24,31H,5-6,15-18H2,1-4H3/t19-,20+,24-/m0/s1. The van der Waals surface area contributed by atoms with Gasteiger partial charge in [-0.3, -0.25) is 14.7 Å². The van der Waals surface area contributed by atoms with Crippen LogP contribution in [-0.4, -0.2) is 69.7 Å². The van der Waals surface area contributed by atoms with Crippen LogP contribution in [0.2, 0.25) is 0 Å². The Balaban J connectivity index is 1.89. The molecule has 2 aromatic heterocycles. The Hall–Kier alpha value is -2.95. The van der Waals surface area contributed by atoms with E-state index in [2.05, 4.69) is 47.6 Å². The van der Waals surface area contributed by atoms with Gasteiger partial charge in [-0.1, -0.05) is 25.7 Å². The van der Waals surface area contributed by atoms with E-state index >= 15 is 0 Å². The van der Waals surface area contributed by atoms with E-state index in [0.29, 0.717) is 30.1 Å². The van der Waals surface area contributed by atoms with Crippen LogP contribution in [0.25, 0.3) is 0 Å². The van der Waals surface area contributed by atoms with E-state index in [0.717, 1.165) is 19.4 Å². The number of carbonyl (C=O) groups is 1. The molecule has 0 unspecified atom stereocenters. The van der Waals surface area contributed by atoms with Crippen molar-refractivity contribution in [3.63, 3.8) is 0 Å². The van der Waals surface area contributed by atoms with Crippen molar-refractivity contribution in [2.24, 2.45) is 5.92 Å². The van der Waals surface area contributed by atoms with E-state index in [-0.39, 0.29) is 30.6 Å². The Bertz CT molecular complexity index is 986. The molecule has 0 aliphatic carbocycles. The topological polar surface area (TPSA) is 78.8 Å². The molecular formula is C26H34N4O3. The van der Waals surface area contributed by atoms with Gasteiger partial charge in [-0.05, 0) is 44.2 Å². The Morgan fingerprint density at radius 2 is 2.12 bits per heavy atom. The number of fused-ring (bicyclic) bond motifs is 1. The first-order chi connectivity index (χ1) is 15.9. The van der Waals surface area contributed by atoms with Crippen molar-refractivity contribution in [1.82, 2.24) is 19.8 Å². The molecule has 176 valence electrons. The van der Waals surface area contributed by atoms with E-state index in [1.54, 1.807) is 29.6 Å². The van der Waals surface area contributed by atoms with Gasteiger partial charge >= 0.3 is 0 Å². The summed E-state index contributed by atoms with van der Waals surface area (Å²) in [5, 5.41) is 9.80.